The number of tetrazole rings is 1. The lowest BCUT2D eigenvalue weighted by Crippen LogP contribution is -2.42. The van der Waals surface area contributed by atoms with Gasteiger partial charge in [-0.25, -0.2) is 4.68 Å². The third-order valence-corrected chi connectivity index (χ3v) is 2.95. The van der Waals surface area contributed by atoms with E-state index in [1.54, 1.807) is 0 Å². The van der Waals surface area contributed by atoms with Crippen LogP contribution in [0.25, 0.3) is 0 Å². The Bertz CT molecular complexity index is 323. The molecule has 1 aromatic rings. The van der Waals surface area contributed by atoms with Crippen molar-refractivity contribution < 1.29 is 0 Å². The number of rotatable bonds is 4. The van der Waals surface area contributed by atoms with E-state index in [1.807, 2.05) is 4.68 Å². The van der Waals surface area contributed by atoms with Crippen LogP contribution in [0.5, 0.6) is 0 Å². The van der Waals surface area contributed by atoms with Crippen molar-refractivity contribution in [1.29, 1.82) is 0 Å². The monoisotopic (exact) mass is 224 g/mol. The van der Waals surface area contributed by atoms with Gasteiger partial charge >= 0.3 is 0 Å². The molecule has 0 amide bonds. The second kappa shape index (κ2) is 5.36. The molecule has 6 nitrogen and oxygen atoms in total. The summed E-state index contributed by atoms with van der Waals surface area (Å²) in [5.74, 6) is 0.955. The summed E-state index contributed by atoms with van der Waals surface area (Å²) in [5, 5.41) is 11.8. The standard InChI is InChI=1S/C10H20N6/c1-2-5-16-10(12-13-14-16)8-15-6-3-4-9(11)7-15/h9H,2-8,11H2,1H3. The Morgan fingerprint density at radius 3 is 3.12 bits per heavy atom. The Morgan fingerprint density at radius 1 is 1.50 bits per heavy atom. The number of aryl methyl sites for hydroxylation is 1. The number of hydrogen-bond acceptors (Lipinski definition) is 5. The molecular formula is C10H20N6. The van der Waals surface area contributed by atoms with Crippen LogP contribution in [0.15, 0.2) is 0 Å². The number of nitrogens with zero attached hydrogens (tertiary/aromatic N) is 5. The van der Waals surface area contributed by atoms with Gasteiger partial charge in [-0.2, -0.15) is 0 Å². The molecule has 1 aliphatic rings. The lowest BCUT2D eigenvalue weighted by molar-refractivity contribution is 0.194. The number of likely N-dealkylation sites (tertiary alicyclic amines) is 1. The van der Waals surface area contributed by atoms with Crippen molar-refractivity contribution in [3.63, 3.8) is 0 Å². The van der Waals surface area contributed by atoms with E-state index in [9.17, 15) is 0 Å². The van der Waals surface area contributed by atoms with E-state index in [1.165, 1.54) is 6.42 Å². The normalized spacial score (nSPS) is 22.5. The Morgan fingerprint density at radius 2 is 2.38 bits per heavy atom. The Balaban J connectivity index is 1.94. The van der Waals surface area contributed by atoms with Crippen molar-refractivity contribution in [3.05, 3.63) is 5.82 Å². The molecule has 1 aromatic heterocycles. The third-order valence-electron chi connectivity index (χ3n) is 2.95. The van der Waals surface area contributed by atoms with Crippen LogP contribution in [0, 0.1) is 0 Å². The van der Waals surface area contributed by atoms with Gasteiger partial charge < -0.3 is 5.73 Å². The smallest absolute Gasteiger partial charge is 0.165 e. The molecule has 2 rings (SSSR count). The maximum Gasteiger partial charge on any atom is 0.165 e. The molecular weight excluding hydrogens is 204 g/mol. The molecule has 0 saturated carbocycles. The Labute approximate surface area is 95.8 Å². The molecule has 0 bridgehead atoms. The van der Waals surface area contributed by atoms with Gasteiger partial charge in [-0.3, -0.25) is 4.90 Å². The molecule has 0 aromatic carbocycles. The number of hydrogen-bond donors (Lipinski definition) is 1. The zero-order valence-electron chi connectivity index (χ0n) is 9.84. The van der Waals surface area contributed by atoms with Gasteiger partial charge in [0.1, 0.15) is 0 Å². The van der Waals surface area contributed by atoms with Gasteiger partial charge in [0.15, 0.2) is 5.82 Å². The summed E-state index contributed by atoms with van der Waals surface area (Å²) >= 11 is 0. The van der Waals surface area contributed by atoms with E-state index in [0.717, 1.165) is 44.8 Å². The van der Waals surface area contributed by atoms with Crippen LogP contribution in [0.1, 0.15) is 32.0 Å². The molecule has 1 unspecified atom stereocenters. The van der Waals surface area contributed by atoms with E-state index in [2.05, 4.69) is 27.3 Å². The summed E-state index contributed by atoms with van der Waals surface area (Å²) in [4.78, 5) is 2.34. The van der Waals surface area contributed by atoms with Crippen LogP contribution < -0.4 is 5.73 Å². The minimum Gasteiger partial charge on any atom is -0.327 e. The number of aromatic nitrogens is 4. The van der Waals surface area contributed by atoms with Crippen molar-refractivity contribution >= 4 is 0 Å². The average Bonchev–Trinajstić information content (AvgIpc) is 2.66. The fourth-order valence-electron chi connectivity index (χ4n) is 2.16. The molecule has 1 atom stereocenters. The number of piperidine rings is 1. The SMILES string of the molecule is CCCn1nnnc1CN1CCCC(N)C1. The highest BCUT2D eigenvalue weighted by molar-refractivity contribution is 4.84. The molecule has 90 valence electrons. The van der Waals surface area contributed by atoms with Gasteiger partial charge in [-0.05, 0) is 36.2 Å². The summed E-state index contributed by atoms with van der Waals surface area (Å²) < 4.78 is 1.89. The highest BCUT2D eigenvalue weighted by Gasteiger charge is 2.18. The molecule has 6 heteroatoms. The van der Waals surface area contributed by atoms with Crippen molar-refractivity contribution in [2.45, 2.75) is 45.3 Å². The maximum absolute atomic E-state index is 5.95. The molecule has 0 aliphatic carbocycles. The lowest BCUT2D eigenvalue weighted by atomic mass is 10.1. The maximum atomic E-state index is 5.95. The van der Waals surface area contributed by atoms with Gasteiger partial charge in [0, 0.05) is 19.1 Å². The Hall–Kier alpha value is -1.01. The van der Waals surface area contributed by atoms with Crippen LogP contribution in [0.4, 0.5) is 0 Å². The average molecular weight is 224 g/mol. The van der Waals surface area contributed by atoms with Crippen LogP contribution in [-0.4, -0.2) is 44.2 Å². The van der Waals surface area contributed by atoms with E-state index in [0.29, 0.717) is 6.04 Å². The summed E-state index contributed by atoms with van der Waals surface area (Å²) in [5.41, 5.74) is 5.95. The molecule has 2 N–H and O–H groups in total. The van der Waals surface area contributed by atoms with E-state index < -0.39 is 0 Å². The van der Waals surface area contributed by atoms with Crippen molar-refractivity contribution in [3.8, 4) is 0 Å². The van der Waals surface area contributed by atoms with Gasteiger partial charge in [0.05, 0.1) is 6.54 Å². The molecule has 2 heterocycles. The van der Waals surface area contributed by atoms with Crippen molar-refractivity contribution in [2.75, 3.05) is 13.1 Å². The van der Waals surface area contributed by atoms with Crippen molar-refractivity contribution in [2.24, 2.45) is 5.73 Å². The van der Waals surface area contributed by atoms with E-state index in [-0.39, 0.29) is 0 Å². The third kappa shape index (κ3) is 2.76. The first-order chi connectivity index (χ1) is 7.79. The molecule has 0 spiro atoms. The predicted octanol–water partition coefficient (Wildman–Crippen LogP) is 0.00620. The summed E-state index contributed by atoms with van der Waals surface area (Å²) in [6.45, 7) is 5.90. The summed E-state index contributed by atoms with van der Waals surface area (Å²) in [7, 11) is 0. The minimum absolute atomic E-state index is 0.309. The van der Waals surface area contributed by atoms with Crippen LogP contribution in [0.2, 0.25) is 0 Å². The first-order valence-electron chi connectivity index (χ1n) is 6.02. The molecule has 1 aliphatic heterocycles. The molecule has 16 heavy (non-hydrogen) atoms. The van der Waals surface area contributed by atoms with Crippen LogP contribution >= 0.6 is 0 Å². The zero-order chi connectivity index (χ0) is 11.4. The second-order valence-electron chi connectivity index (χ2n) is 4.46. The lowest BCUT2D eigenvalue weighted by Gasteiger charge is -2.29. The highest BCUT2D eigenvalue weighted by Crippen LogP contribution is 2.10. The fourth-order valence-corrected chi connectivity index (χ4v) is 2.16. The largest absolute Gasteiger partial charge is 0.327 e. The second-order valence-corrected chi connectivity index (χ2v) is 4.46. The van der Waals surface area contributed by atoms with Gasteiger partial charge in [0.25, 0.3) is 0 Å². The first kappa shape index (κ1) is 11.5. The van der Waals surface area contributed by atoms with E-state index >= 15 is 0 Å². The zero-order valence-corrected chi connectivity index (χ0v) is 9.84. The molecule has 1 saturated heterocycles. The number of nitrogens with two attached hydrogens (primary N) is 1. The summed E-state index contributed by atoms with van der Waals surface area (Å²) in [6, 6.07) is 0.309. The fraction of sp³-hybridized carbons (Fsp3) is 0.900. The molecule has 1 fully saturated rings. The minimum atomic E-state index is 0.309. The Kier molecular flexibility index (Phi) is 3.84. The van der Waals surface area contributed by atoms with Crippen LogP contribution in [0.3, 0.4) is 0 Å². The first-order valence-corrected chi connectivity index (χ1v) is 6.02. The van der Waals surface area contributed by atoms with Crippen molar-refractivity contribution in [1.82, 2.24) is 25.1 Å². The van der Waals surface area contributed by atoms with Gasteiger partial charge in [-0.1, -0.05) is 6.92 Å². The highest BCUT2D eigenvalue weighted by atomic mass is 15.5. The van der Waals surface area contributed by atoms with E-state index in [4.69, 9.17) is 5.73 Å². The van der Waals surface area contributed by atoms with Gasteiger partial charge in [0.2, 0.25) is 0 Å². The molecule has 0 radical (unpaired) electrons. The van der Waals surface area contributed by atoms with Gasteiger partial charge in [-0.15, -0.1) is 5.10 Å². The summed E-state index contributed by atoms with van der Waals surface area (Å²) in [6.07, 6.45) is 3.37. The van der Waals surface area contributed by atoms with Crippen LogP contribution in [-0.2, 0) is 13.1 Å². The quantitative estimate of drug-likeness (QED) is 0.779. The predicted molar refractivity (Wildman–Crippen MR) is 60.6 cm³/mol. The topological polar surface area (TPSA) is 72.9 Å².